The van der Waals surface area contributed by atoms with Crippen LogP contribution < -0.4 is 10.6 Å². The van der Waals surface area contributed by atoms with Crippen LogP contribution in [-0.4, -0.2) is 56.2 Å². The molecular weight excluding hydrogens is 276 g/mol. The number of hydrogen-bond donors (Lipinski definition) is 1. The molecule has 7 heteroatoms. The zero-order chi connectivity index (χ0) is 14.4. The summed E-state index contributed by atoms with van der Waals surface area (Å²) >= 11 is 0. The third-order valence-corrected chi connectivity index (χ3v) is 5.42. The summed E-state index contributed by atoms with van der Waals surface area (Å²) < 4.78 is 25.9. The van der Waals surface area contributed by atoms with E-state index in [1.54, 1.807) is 10.5 Å². The third kappa shape index (κ3) is 3.91. The van der Waals surface area contributed by atoms with E-state index in [0.717, 1.165) is 12.2 Å². The molecule has 0 saturated carbocycles. The van der Waals surface area contributed by atoms with E-state index < -0.39 is 10.0 Å². The number of unbranched alkanes of at least 4 members (excludes halogenated alkanes) is 1. The van der Waals surface area contributed by atoms with E-state index >= 15 is 0 Å². The van der Waals surface area contributed by atoms with E-state index in [2.05, 4.69) is 9.88 Å². The van der Waals surface area contributed by atoms with E-state index in [1.165, 1.54) is 0 Å². The topological polar surface area (TPSA) is 79.5 Å². The Bertz CT molecular complexity index is 498. The molecule has 0 aromatic carbocycles. The lowest BCUT2D eigenvalue weighted by atomic mass is 10.3. The zero-order valence-corrected chi connectivity index (χ0v) is 12.4. The molecule has 112 valence electrons. The minimum Gasteiger partial charge on any atom is -0.354 e. The third-order valence-electron chi connectivity index (χ3n) is 3.46. The van der Waals surface area contributed by atoms with Gasteiger partial charge in [0, 0.05) is 32.4 Å². The van der Waals surface area contributed by atoms with Gasteiger partial charge in [-0.25, -0.2) is 13.4 Å². The van der Waals surface area contributed by atoms with Crippen molar-refractivity contribution in [3.8, 4) is 0 Å². The van der Waals surface area contributed by atoms with Crippen LogP contribution in [0.25, 0.3) is 0 Å². The molecule has 0 spiro atoms. The Morgan fingerprint density at radius 3 is 2.50 bits per heavy atom. The highest BCUT2D eigenvalue weighted by molar-refractivity contribution is 7.89. The van der Waals surface area contributed by atoms with E-state index in [-0.39, 0.29) is 5.75 Å². The maximum Gasteiger partial charge on any atom is 0.214 e. The van der Waals surface area contributed by atoms with Gasteiger partial charge in [-0.15, -0.1) is 0 Å². The molecule has 0 aliphatic carbocycles. The Kier molecular flexibility index (Phi) is 5.33. The van der Waals surface area contributed by atoms with Gasteiger partial charge in [-0.1, -0.05) is 6.07 Å². The van der Waals surface area contributed by atoms with Crippen molar-refractivity contribution in [2.75, 3.05) is 43.4 Å². The van der Waals surface area contributed by atoms with Crippen LogP contribution in [0, 0.1) is 0 Å². The second kappa shape index (κ2) is 7.01. The highest BCUT2D eigenvalue weighted by atomic mass is 32.2. The van der Waals surface area contributed by atoms with Crippen LogP contribution in [0.5, 0.6) is 0 Å². The normalized spacial score (nSPS) is 17.4. The molecule has 20 heavy (non-hydrogen) atoms. The van der Waals surface area contributed by atoms with E-state index in [0.29, 0.717) is 39.1 Å². The van der Waals surface area contributed by atoms with Crippen LogP contribution in [0.15, 0.2) is 24.4 Å². The van der Waals surface area contributed by atoms with Gasteiger partial charge < -0.3 is 10.6 Å². The molecule has 1 aromatic heterocycles. The van der Waals surface area contributed by atoms with Crippen molar-refractivity contribution in [3.63, 3.8) is 0 Å². The van der Waals surface area contributed by atoms with E-state index in [9.17, 15) is 8.42 Å². The lowest BCUT2D eigenvalue weighted by Gasteiger charge is -2.34. The number of nitrogens with two attached hydrogens (primary N) is 1. The summed E-state index contributed by atoms with van der Waals surface area (Å²) in [5.41, 5.74) is 5.40. The molecule has 0 radical (unpaired) electrons. The minimum atomic E-state index is -3.13. The molecule has 0 bridgehead atoms. The Labute approximate surface area is 120 Å². The van der Waals surface area contributed by atoms with Gasteiger partial charge in [0.2, 0.25) is 10.0 Å². The molecule has 0 unspecified atom stereocenters. The molecule has 6 nitrogen and oxygen atoms in total. The first-order chi connectivity index (χ1) is 9.63. The summed E-state index contributed by atoms with van der Waals surface area (Å²) in [6, 6.07) is 5.77. The lowest BCUT2D eigenvalue weighted by Crippen LogP contribution is -2.49. The van der Waals surface area contributed by atoms with Crippen molar-refractivity contribution in [2.45, 2.75) is 12.8 Å². The number of aromatic nitrogens is 1. The van der Waals surface area contributed by atoms with Gasteiger partial charge in [0.1, 0.15) is 5.82 Å². The van der Waals surface area contributed by atoms with Gasteiger partial charge >= 0.3 is 0 Å². The highest BCUT2D eigenvalue weighted by Gasteiger charge is 2.26. The molecule has 0 amide bonds. The summed E-state index contributed by atoms with van der Waals surface area (Å²) in [5, 5.41) is 0. The van der Waals surface area contributed by atoms with Crippen LogP contribution >= 0.6 is 0 Å². The van der Waals surface area contributed by atoms with Crippen LogP contribution in [0.2, 0.25) is 0 Å². The molecule has 2 rings (SSSR count). The van der Waals surface area contributed by atoms with Crippen molar-refractivity contribution >= 4 is 15.8 Å². The fourth-order valence-corrected chi connectivity index (χ4v) is 3.84. The number of nitrogens with zero attached hydrogens (tertiary/aromatic N) is 3. The molecule has 1 saturated heterocycles. The van der Waals surface area contributed by atoms with Crippen molar-refractivity contribution in [1.29, 1.82) is 0 Å². The predicted molar refractivity (Wildman–Crippen MR) is 80.1 cm³/mol. The van der Waals surface area contributed by atoms with Crippen molar-refractivity contribution < 1.29 is 8.42 Å². The second-order valence-corrected chi connectivity index (χ2v) is 6.97. The summed E-state index contributed by atoms with van der Waals surface area (Å²) in [6.45, 7) is 2.98. The SMILES string of the molecule is NCCCCS(=O)(=O)N1CCN(c2ccccn2)CC1. The van der Waals surface area contributed by atoms with Gasteiger partial charge in [-0.3, -0.25) is 0 Å². The van der Waals surface area contributed by atoms with Gasteiger partial charge in [0.25, 0.3) is 0 Å². The summed E-state index contributed by atoms with van der Waals surface area (Å²) in [7, 11) is -3.13. The average molecular weight is 298 g/mol. The van der Waals surface area contributed by atoms with Crippen LogP contribution in [-0.2, 0) is 10.0 Å². The van der Waals surface area contributed by atoms with Crippen LogP contribution in [0.1, 0.15) is 12.8 Å². The van der Waals surface area contributed by atoms with Gasteiger partial charge in [0.05, 0.1) is 5.75 Å². The summed E-state index contributed by atoms with van der Waals surface area (Å²) in [5.74, 6) is 1.11. The number of rotatable bonds is 6. The lowest BCUT2D eigenvalue weighted by molar-refractivity contribution is 0.383. The molecular formula is C13H22N4O2S. The van der Waals surface area contributed by atoms with E-state index in [4.69, 9.17) is 5.73 Å². The molecule has 1 aliphatic heterocycles. The second-order valence-electron chi connectivity index (χ2n) is 4.89. The van der Waals surface area contributed by atoms with Gasteiger partial charge in [-0.05, 0) is 31.5 Å². The predicted octanol–water partition coefficient (Wildman–Crippen LogP) is 0.272. The number of anilines is 1. The fraction of sp³-hybridized carbons (Fsp3) is 0.615. The first kappa shape index (κ1) is 15.2. The Morgan fingerprint density at radius 2 is 1.90 bits per heavy atom. The Balaban J connectivity index is 1.88. The molecule has 2 heterocycles. The van der Waals surface area contributed by atoms with E-state index in [1.807, 2.05) is 18.2 Å². The zero-order valence-electron chi connectivity index (χ0n) is 11.6. The number of sulfonamides is 1. The number of pyridine rings is 1. The Morgan fingerprint density at radius 1 is 1.15 bits per heavy atom. The summed E-state index contributed by atoms with van der Waals surface area (Å²) in [6.07, 6.45) is 3.15. The first-order valence-corrected chi connectivity index (χ1v) is 8.58. The molecule has 2 N–H and O–H groups in total. The van der Waals surface area contributed by atoms with Crippen molar-refractivity contribution in [1.82, 2.24) is 9.29 Å². The number of piperazine rings is 1. The van der Waals surface area contributed by atoms with Crippen molar-refractivity contribution in [2.24, 2.45) is 5.73 Å². The average Bonchev–Trinajstić information content (AvgIpc) is 2.48. The molecule has 1 aromatic rings. The smallest absolute Gasteiger partial charge is 0.214 e. The van der Waals surface area contributed by atoms with Crippen LogP contribution in [0.4, 0.5) is 5.82 Å². The largest absolute Gasteiger partial charge is 0.354 e. The number of hydrogen-bond acceptors (Lipinski definition) is 5. The van der Waals surface area contributed by atoms with Gasteiger partial charge in [0.15, 0.2) is 0 Å². The van der Waals surface area contributed by atoms with Gasteiger partial charge in [-0.2, -0.15) is 4.31 Å². The molecule has 1 fully saturated rings. The maximum atomic E-state index is 12.2. The monoisotopic (exact) mass is 298 g/mol. The minimum absolute atomic E-state index is 0.202. The first-order valence-electron chi connectivity index (χ1n) is 6.97. The van der Waals surface area contributed by atoms with Crippen molar-refractivity contribution in [3.05, 3.63) is 24.4 Å². The molecule has 1 aliphatic rings. The summed E-state index contributed by atoms with van der Waals surface area (Å²) in [4.78, 5) is 6.41. The quantitative estimate of drug-likeness (QED) is 0.763. The Hall–Kier alpha value is -1.18. The van der Waals surface area contributed by atoms with Crippen LogP contribution in [0.3, 0.4) is 0 Å². The maximum absolute atomic E-state index is 12.2. The molecule has 0 atom stereocenters. The highest BCUT2D eigenvalue weighted by Crippen LogP contribution is 2.15. The fourth-order valence-electron chi connectivity index (χ4n) is 2.29. The standard InChI is InChI=1S/C13H22N4O2S/c14-6-2-4-12-20(18,19)17-10-8-16(9-11-17)13-5-1-3-7-15-13/h1,3,5,7H,2,4,6,8-12,14H2.